The summed E-state index contributed by atoms with van der Waals surface area (Å²) in [6.07, 6.45) is 1.80. The minimum Gasteiger partial charge on any atom is -0.422 e. The number of fused-ring (bicyclic) bond motifs is 2. The van der Waals surface area contributed by atoms with Crippen LogP contribution in [0.25, 0.3) is 21.8 Å². The van der Waals surface area contributed by atoms with E-state index in [-0.39, 0.29) is 18.4 Å². The van der Waals surface area contributed by atoms with Crippen molar-refractivity contribution in [1.82, 2.24) is 5.06 Å². The van der Waals surface area contributed by atoms with Gasteiger partial charge in [-0.25, -0.2) is 9.59 Å². The monoisotopic (exact) mass is 539 g/mol. The lowest BCUT2D eigenvalue weighted by Gasteiger charge is -2.16. The van der Waals surface area contributed by atoms with E-state index in [9.17, 15) is 19.2 Å². The van der Waals surface area contributed by atoms with Gasteiger partial charge in [0, 0.05) is 31.4 Å². The lowest BCUT2D eigenvalue weighted by molar-refractivity contribution is -0.645. The lowest BCUT2D eigenvalue weighted by Crippen LogP contribution is -2.36. The largest absolute Gasteiger partial charge is 0.422 e. The second kappa shape index (κ2) is 10.9. The van der Waals surface area contributed by atoms with Gasteiger partial charge >= 0.3 is 11.9 Å². The third-order valence-corrected chi connectivity index (χ3v) is 7.22. The van der Waals surface area contributed by atoms with Crippen molar-refractivity contribution in [3.05, 3.63) is 82.4 Å². The molecule has 0 atom stereocenters. The van der Waals surface area contributed by atoms with Crippen molar-refractivity contribution < 1.29 is 33.3 Å². The molecule has 8 nitrogen and oxygen atoms in total. The van der Waals surface area contributed by atoms with Gasteiger partial charge in [-0.15, -0.1) is 5.06 Å². The number of carbonyl (C=O) groups excluding carboxylic acids is 4. The van der Waals surface area contributed by atoms with Crippen LogP contribution in [-0.4, -0.2) is 28.8 Å². The van der Waals surface area contributed by atoms with Gasteiger partial charge in [0.05, 0.1) is 21.9 Å². The maximum absolute atomic E-state index is 13.9. The molecule has 1 aromatic heterocycles. The Morgan fingerprint density at radius 3 is 2.15 bits per heavy atom. The Morgan fingerprint density at radius 2 is 1.50 bits per heavy atom. The molecule has 0 unspecified atom stereocenters. The Hall–Kier alpha value is -4.59. The topological polar surface area (TPSA) is 93.9 Å². The summed E-state index contributed by atoms with van der Waals surface area (Å²) in [5.74, 6) is -2.09. The van der Waals surface area contributed by atoms with E-state index in [0.717, 1.165) is 46.8 Å². The van der Waals surface area contributed by atoms with Crippen molar-refractivity contribution in [2.75, 3.05) is 0 Å². The Kier molecular flexibility index (Phi) is 7.34. The summed E-state index contributed by atoms with van der Waals surface area (Å²) in [7, 11) is 0. The molecule has 1 fully saturated rings. The van der Waals surface area contributed by atoms with Crippen LogP contribution >= 0.6 is 0 Å². The zero-order chi connectivity index (χ0) is 28.6. The van der Waals surface area contributed by atoms with Crippen molar-refractivity contribution in [3.63, 3.8) is 0 Å². The Labute approximate surface area is 232 Å². The van der Waals surface area contributed by atoms with Gasteiger partial charge in [-0.2, -0.15) is 4.57 Å². The molecule has 2 amide bonds. The number of nitrogens with zero attached hydrogens (tertiary/aromatic N) is 2. The zero-order valence-corrected chi connectivity index (χ0v) is 23.1. The summed E-state index contributed by atoms with van der Waals surface area (Å²) >= 11 is 0. The second-order valence-electron chi connectivity index (χ2n) is 10.0. The summed E-state index contributed by atoms with van der Waals surface area (Å²) < 4.78 is 8.28. The van der Waals surface area contributed by atoms with Crippen molar-refractivity contribution in [2.24, 2.45) is 0 Å². The van der Waals surface area contributed by atoms with E-state index in [1.54, 1.807) is 13.8 Å². The quantitative estimate of drug-likeness (QED) is 0.104. The smallest absolute Gasteiger partial charge is 0.363 e. The van der Waals surface area contributed by atoms with Crippen LogP contribution in [0.2, 0.25) is 0 Å². The first-order valence-corrected chi connectivity index (χ1v) is 13.5. The van der Waals surface area contributed by atoms with Gasteiger partial charge in [-0.3, -0.25) is 9.59 Å². The predicted molar refractivity (Wildman–Crippen MR) is 149 cm³/mol. The molecule has 0 bridgehead atoms. The highest BCUT2D eigenvalue weighted by Gasteiger charge is 2.33. The summed E-state index contributed by atoms with van der Waals surface area (Å²) in [6.45, 7) is 8.47. The van der Waals surface area contributed by atoms with E-state index >= 15 is 0 Å². The number of ether oxygens (including phenoxy) is 1. The molecule has 0 spiro atoms. The predicted octanol–water partition coefficient (Wildman–Crippen LogP) is 5.31. The molecule has 40 heavy (non-hydrogen) atoms. The first-order valence-electron chi connectivity index (χ1n) is 13.5. The van der Waals surface area contributed by atoms with Crippen LogP contribution in [0.3, 0.4) is 0 Å². The highest BCUT2D eigenvalue weighted by molar-refractivity contribution is 6.13. The summed E-state index contributed by atoms with van der Waals surface area (Å²) in [6, 6.07) is 17.1. The molecule has 0 N–H and O–H groups in total. The Balaban J connectivity index is 1.55. The maximum Gasteiger partial charge on any atom is 0.363 e. The third kappa shape index (κ3) is 4.81. The fourth-order valence-corrected chi connectivity index (χ4v) is 5.28. The van der Waals surface area contributed by atoms with E-state index in [2.05, 4.69) is 36.6 Å². The molecule has 0 saturated carbocycles. The van der Waals surface area contributed by atoms with Crippen LogP contribution in [0.1, 0.15) is 70.5 Å². The SMILES string of the molecule is CCC[n+]1c2ccccc2c(C(=O)Oc2c(C)cc(C(=O)ON3C(=O)CCC3=O)cc2C)c2cc(CC)ccc21. The average Bonchev–Trinajstić information content (AvgIpc) is 3.26. The van der Waals surface area contributed by atoms with Crippen molar-refractivity contribution in [2.45, 2.75) is 59.9 Å². The average molecular weight is 540 g/mol. The number of carbonyl (C=O) groups is 4. The van der Waals surface area contributed by atoms with Crippen molar-refractivity contribution in [3.8, 4) is 5.75 Å². The van der Waals surface area contributed by atoms with Gasteiger partial charge in [-0.05, 0) is 61.2 Å². The minimum absolute atomic E-state index is 0.0140. The Morgan fingerprint density at radius 1 is 0.850 bits per heavy atom. The van der Waals surface area contributed by atoms with E-state index < -0.39 is 23.8 Å². The molecule has 1 aliphatic rings. The van der Waals surface area contributed by atoms with Gasteiger partial charge in [0.2, 0.25) is 11.0 Å². The van der Waals surface area contributed by atoms with Crippen LogP contribution in [0.4, 0.5) is 0 Å². The molecular formula is C32H31N2O6+. The van der Waals surface area contributed by atoms with E-state index in [0.29, 0.717) is 27.5 Å². The number of hydroxylamine groups is 2. The fraction of sp³-hybridized carbons (Fsp3) is 0.281. The molecule has 5 rings (SSSR count). The van der Waals surface area contributed by atoms with Gasteiger partial charge < -0.3 is 9.57 Å². The summed E-state index contributed by atoms with van der Waals surface area (Å²) in [4.78, 5) is 55.4. The highest BCUT2D eigenvalue weighted by Crippen LogP contribution is 2.31. The molecule has 0 radical (unpaired) electrons. The van der Waals surface area contributed by atoms with Gasteiger partial charge in [-0.1, -0.05) is 32.0 Å². The normalized spacial score (nSPS) is 13.3. The lowest BCUT2D eigenvalue weighted by atomic mass is 9.99. The highest BCUT2D eigenvalue weighted by atomic mass is 16.7. The number of esters is 1. The number of aryl methyl sites for hydroxylation is 4. The molecule has 4 aromatic rings. The number of benzene rings is 3. The fourth-order valence-electron chi connectivity index (χ4n) is 5.28. The Bertz CT molecular complexity index is 1670. The molecule has 0 aliphatic carbocycles. The standard InChI is InChI=1S/C32H31N2O6/c1-5-15-33-25-10-8-7-9-23(25)29(24-18-21(6-2)11-12-26(24)33)32(38)39-30-19(3)16-22(17-20(30)4)31(37)40-34-27(35)13-14-28(34)36/h7-12,16-18H,5-6,13-15H2,1-4H3/q+1. The molecule has 204 valence electrons. The first kappa shape index (κ1) is 27.0. The molecule has 8 heteroatoms. The van der Waals surface area contributed by atoms with Crippen molar-refractivity contribution >= 4 is 45.6 Å². The van der Waals surface area contributed by atoms with Crippen LogP contribution < -0.4 is 9.30 Å². The number of hydrogen-bond donors (Lipinski definition) is 0. The molecule has 2 heterocycles. The van der Waals surface area contributed by atoms with Gasteiger partial charge in [0.25, 0.3) is 11.8 Å². The van der Waals surface area contributed by atoms with Gasteiger partial charge in [0.15, 0.2) is 0 Å². The number of imide groups is 1. The minimum atomic E-state index is -0.833. The second-order valence-corrected chi connectivity index (χ2v) is 10.0. The number of hydrogen-bond acceptors (Lipinski definition) is 6. The van der Waals surface area contributed by atoms with Crippen LogP contribution in [-0.2, 0) is 27.4 Å². The van der Waals surface area contributed by atoms with Gasteiger partial charge in [0.1, 0.15) is 12.3 Å². The van der Waals surface area contributed by atoms with E-state index in [1.807, 2.05) is 24.3 Å². The molecule has 3 aromatic carbocycles. The molecular weight excluding hydrogens is 508 g/mol. The number of pyridine rings is 1. The first-order chi connectivity index (χ1) is 19.2. The van der Waals surface area contributed by atoms with E-state index in [1.165, 1.54) is 12.1 Å². The number of rotatable bonds is 7. The number of amides is 2. The molecule has 1 saturated heterocycles. The van der Waals surface area contributed by atoms with Crippen LogP contribution in [0.15, 0.2) is 54.6 Å². The van der Waals surface area contributed by atoms with E-state index in [4.69, 9.17) is 9.57 Å². The third-order valence-electron chi connectivity index (χ3n) is 7.22. The maximum atomic E-state index is 13.9. The molecule has 1 aliphatic heterocycles. The number of aromatic nitrogens is 1. The van der Waals surface area contributed by atoms with Crippen molar-refractivity contribution in [1.29, 1.82) is 0 Å². The summed E-state index contributed by atoms with van der Waals surface area (Å²) in [5, 5.41) is 2.14. The summed E-state index contributed by atoms with van der Waals surface area (Å²) in [5.41, 5.74) is 4.74. The zero-order valence-electron chi connectivity index (χ0n) is 23.1. The van der Waals surface area contributed by atoms with Crippen LogP contribution in [0.5, 0.6) is 5.75 Å². The van der Waals surface area contributed by atoms with Crippen LogP contribution in [0, 0.1) is 13.8 Å². The number of para-hydroxylation sites is 1.